The van der Waals surface area contributed by atoms with E-state index in [2.05, 4.69) is 5.32 Å². The van der Waals surface area contributed by atoms with Crippen molar-refractivity contribution < 1.29 is 4.92 Å². The molecule has 0 aliphatic heterocycles. The molecule has 0 aliphatic rings. The lowest BCUT2D eigenvalue weighted by Crippen LogP contribution is -2.00. The van der Waals surface area contributed by atoms with Gasteiger partial charge < -0.3 is 5.32 Å². The van der Waals surface area contributed by atoms with Gasteiger partial charge in [0.1, 0.15) is 5.69 Å². The van der Waals surface area contributed by atoms with Crippen LogP contribution >= 0.6 is 0 Å². The molecule has 1 aromatic rings. The van der Waals surface area contributed by atoms with Crippen LogP contribution in [0.2, 0.25) is 0 Å². The minimum atomic E-state index is -0.350. The molecular weight excluding hydrogens is 216 g/mol. The molecule has 0 unspecified atom stereocenters. The molecule has 92 valence electrons. The van der Waals surface area contributed by atoms with E-state index >= 15 is 0 Å². The van der Waals surface area contributed by atoms with E-state index in [1.54, 1.807) is 18.3 Å². The molecule has 0 spiro atoms. The van der Waals surface area contributed by atoms with E-state index in [-0.39, 0.29) is 16.5 Å². The van der Waals surface area contributed by atoms with Gasteiger partial charge in [-0.1, -0.05) is 19.9 Å². The molecule has 0 fully saturated rings. The number of nitrogens with zero attached hydrogens (tertiary/aromatic N) is 1. The van der Waals surface area contributed by atoms with Crippen LogP contribution in [0.4, 0.5) is 11.4 Å². The van der Waals surface area contributed by atoms with Crippen molar-refractivity contribution in [3.05, 3.63) is 45.6 Å². The highest BCUT2D eigenvalue weighted by atomic mass is 16.6. The Morgan fingerprint density at radius 1 is 1.41 bits per heavy atom. The lowest BCUT2D eigenvalue weighted by Gasteiger charge is -2.12. The van der Waals surface area contributed by atoms with Gasteiger partial charge in [-0.3, -0.25) is 10.1 Å². The van der Waals surface area contributed by atoms with Gasteiger partial charge in [0.2, 0.25) is 0 Å². The van der Waals surface area contributed by atoms with Crippen molar-refractivity contribution >= 4 is 11.4 Å². The molecule has 4 heteroatoms. The summed E-state index contributed by atoms with van der Waals surface area (Å²) in [5, 5.41) is 13.9. The van der Waals surface area contributed by atoms with Crippen molar-refractivity contribution in [2.24, 2.45) is 0 Å². The average molecular weight is 234 g/mol. The summed E-state index contributed by atoms with van der Waals surface area (Å²) in [6.45, 7) is 7.89. The van der Waals surface area contributed by atoms with Crippen LogP contribution in [-0.2, 0) is 0 Å². The van der Waals surface area contributed by atoms with Crippen LogP contribution in [0.15, 0.2) is 24.4 Å². The van der Waals surface area contributed by atoms with Crippen molar-refractivity contribution in [3.8, 4) is 0 Å². The molecule has 0 atom stereocenters. The number of anilines is 1. The van der Waals surface area contributed by atoms with Crippen molar-refractivity contribution in [2.75, 3.05) is 5.32 Å². The largest absolute Gasteiger partial charge is 0.356 e. The van der Waals surface area contributed by atoms with E-state index in [0.717, 1.165) is 11.1 Å². The maximum atomic E-state index is 11.0. The van der Waals surface area contributed by atoms with Crippen molar-refractivity contribution in [2.45, 2.75) is 33.6 Å². The van der Waals surface area contributed by atoms with Crippen molar-refractivity contribution in [1.29, 1.82) is 0 Å². The average Bonchev–Trinajstić information content (AvgIpc) is 2.25. The summed E-state index contributed by atoms with van der Waals surface area (Å²) >= 11 is 0. The summed E-state index contributed by atoms with van der Waals surface area (Å²) in [5.74, 6) is 0.282. The van der Waals surface area contributed by atoms with Gasteiger partial charge in [-0.15, -0.1) is 0 Å². The Morgan fingerprint density at radius 3 is 2.53 bits per heavy atom. The predicted molar refractivity (Wildman–Crippen MR) is 70.4 cm³/mol. The number of rotatable bonds is 4. The summed E-state index contributed by atoms with van der Waals surface area (Å²) in [7, 11) is 0. The molecule has 4 nitrogen and oxygen atoms in total. The summed E-state index contributed by atoms with van der Waals surface area (Å²) < 4.78 is 0. The van der Waals surface area contributed by atoms with Crippen LogP contribution in [0.1, 0.15) is 37.8 Å². The second kappa shape index (κ2) is 5.48. The molecule has 1 rings (SSSR count). The Balaban J connectivity index is 3.30. The van der Waals surface area contributed by atoms with Gasteiger partial charge in [0.25, 0.3) is 5.69 Å². The van der Waals surface area contributed by atoms with Gasteiger partial charge in [-0.25, -0.2) is 0 Å². The van der Waals surface area contributed by atoms with Gasteiger partial charge in [0.15, 0.2) is 0 Å². The lowest BCUT2D eigenvalue weighted by molar-refractivity contribution is -0.384. The molecule has 0 aromatic heterocycles. The Kier molecular flexibility index (Phi) is 4.26. The standard InChI is InChI=1S/C13H18N2O2/c1-5-6-14-12-7-10(4)11(9(2)3)8-13(12)15(16)17/h5-9,14H,1-4H3. The minimum Gasteiger partial charge on any atom is -0.356 e. The van der Waals surface area contributed by atoms with Crippen LogP contribution in [-0.4, -0.2) is 4.92 Å². The van der Waals surface area contributed by atoms with Crippen molar-refractivity contribution in [1.82, 2.24) is 0 Å². The van der Waals surface area contributed by atoms with Crippen molar-refractivity contribution in [3.63, 3.8) is 0 Å². The Hall–Kier alpha value is -1.84. The molecule has 0 radical (unpaired) electrons. The van der Waals surface area contributed by atoms with Crippen LogP contribution in [0.25, 0.3) is 0 Å². The Labute approximate surface area is 101 Å². The first-order chi connectivity index (χ1) is 7.97. The van der Waals surface area contributed by atoms with E-state index < -0.39 is 0 Å². The number of hydrogen-bond donors (Lipinski definition) is 1. The Bertz CT molecular complexity index is 451. The summed E-state index contributed by atoms with van der Waals surface area (Å²) in [6.07, 6.45) is 3.49. The maximum absolute atomic E-state index is 11.0. The highest BCUT2D eigenvalue weighted by molar-refractivity contribution is 5.66. The number of hydrogen-bond acceptors (Lipinski definition) is 3. The van der Waals surface area contributed by atoms with Crippen LogP contribution in [0, 0.1) is 17.0 Å². The minimum absolute atomic E-state index is 0.123. The summed E-state index contributed by atoms with van der Waals surface area (Å²) in [6, 6.07) is 3.49. The number of benzene rings is 1. The second-order valence-corrected chi connectivity index (χ2v) is 4.28. The zero-order chi connectivity index (χ0) is 13.0. The van der Waals surface area contributed by atoms with Crippen LogP contribution in [0.3, 0.4) is 0 Å². The van der Waals surface area contributed by atoms with Gasteiger partial charge in [0, 0.05) is 6.07 Å². The Morgan fingerprint density at radius 2 is 2.06 bits per heavy atom. The number of allylic oxidation sites excluding steroid dienone is 1. The SMILES string of the molecule is CC=CNc1cc(C)c(C(C)C)cc1[N+](=O)[O-]. The highest BCUT2D eigenvalue weighted by Crippen LogP contribution is 2.31. The first-order valence-electron chi connectivity index (χ1n) is 5.64. The van der Waals surface area contributed by atoms with E-state index in [4.69, 9.17) is 0 Å². The lowest BCUT2D eigenvalue weighted by atomic mass is 9.96. The predicted octanol–water partition coefficient (Wildman–Crippen LogP) is 3.97. The second-order valence-electron chi connectivity index (χ2n) is 4.28. The van der Waals surface area contributed by atoms with Gasteiger partial charge in [0.05, 0.1) is 4.92 Å². The molecular formula is C13H18N2O2. The fourth-order valence-corrected chi connectivity index (χ4v) is 1.77. The number of nitrogens with one attached hydrogen (secondary N) is 1. The molecule has 1 aromatic carbocycles. The first-order valence-corrected chi connectivity index (χ1v) is 5.64. The normalized spacial score (nSPS) is 11.1. The topological polar surface area (TPSA) is 55.2 Å². The third-order valence-corrected chi connectivity index (χ3v) is 2.61. The third-order valence-electron chi connectivity index (χ3n) is 2.61. The van der Waals surface area contributed by atoms with Gasteiger partial charge in [-0.2, -0.15) is 0 Å². The molecule has 0 saturated carbocycles. The van der Waals surface area contributed by atoms with E-state index in [9.17, 15) is 10.1 Å². The molecule has 0 bridgehead atoms. The molecule has 0 aliphatic carbocycles. The monoisotopic (exact) mass is 234 g/mol. The first kappa shape index (κ1) is 13.2. The van der Waals surface area contributed by atoms with Crippen LogP contribution < -0.4 is 5.32 Å². The molecule has 0 amide bonds. The van der Waals surface area contributed by atoms with Gasteiger partial charge >= 0.3 is 0 Å². The maximum Gasteiger partial charge on any atom is 0.292 e. The summed E-state index contributed by atoms with van der Waals surface area (Å²) in [4.78, 5) is 10.7. The van der Waals surface area contributed by atoms with Crippen LogP contribution in [0.5, 0.6) is 0 Å². The number of nitro benzene ring substituents is 1. The zero-order valence-corrected chi connectivity index (χ0v) is 10.7. The highest BCUT2D eigenvalue weighted by Gasteiger charge is 2.17. The fourth-order valence-electron chi connectivity index (χ4n) is 1.77. The van der Waals surface area contributed by atoms with E-state index in [1.165, 1.54) is 0 Å². The van der Waals surface area contributed by atoms with Gasteiger partial charge in [-0.05, 0) is 43.2 Å². The molecule has 0 heterocycles. The quantitative estimate of drug-likeness (QED) is 0.633. The molecule has 17 heavy (non-hydrogen) atoms. The number of nitro groups is 1. The fraction of sp³-hybridized carbons (Fsp3) is 0.385. The smallest absolute Gasteiger partial charge is 0.292 e. The van der Waals surface area contributed by atoms with E-state index in [0.29, 0.717) is 5.69 Å². The third kappa shape index (κ3) is 3.06. The molecule has 1 N–H and O–H groups in total. The van der Waals surface area contributed by atoms with E-state index in [1.807, 2.05) is 33.8 Å². The zero-order valence-electron chi connectivity index (χ0n) is 10.7. The number of aryl methyl sites for hydroxylation is 1. The summed E-state index contributed by atoms with van der Waals surface area (Å²) in [5.41, 5.74) is 2.74. The molecule has 0 saturated heterocycles.